The SMILES string of the molecule is CN1c2ccc(C(=S)N3CCOCC3)cc2-c2c(ssc2=S)C1(C)C. The molecule has 1 aromatic heterocycles. The van der Waals surface area contributed by atoms with Crippen molar-refractivity contribution in [3.05, 3.63) is 32.5 Å². The van der Waals surface area contributed by atoms with Gasteiger partial charge in [-0.1, -0.05) is 45.1 Å². The molecule has 0 aliphatic carbocycles. The molecule has 1 aromatic carbocycles. The van der Waals surface area contributed by atoms with Gasteiger partial charge in [0.15, 0.2) is 0 Å². The Kier molecular flexibility index (Phi) is 4.48. The van der Waals surface area contributed by atoms with Gasteiger partial charge in [-0.15, -0.1) is 0 Å². The maximum Gasteiger partial charge on any atom is 0.110 e. The van der Waals surface area contributed by atoms with E-state index in [4.69, 9.17) is 29.2 Å². The van der Waals surface area contributed by atoms with Crippen molar-refractivity contribution >= 4 is 55.8 Å². The van der Waals surface area contributed by atoms with E-state index >= 15 is 0 Å². The summed E-state index contributed by atoms with van der Waals surface area (Å²) in [5.41, 5.74) is 4.72. The Morgan fingerprint density at radius 2 is 1.92 bits per heavy atom. The van der Waals surface area contributed by atoms with Crippen LogP contribution in [-0.4, -0.2) is 43.2 Å². The molecule has 1 saturated heterocycles. The summed E-state index contributed by atoms with van der Waals surface area (Å²) in [7, 11) is 5.67. The minimum atomic E-state index is -0.0488. The highest BCUT2D eigenvalue weighted by Crippen LogP contribution is 2.51. The van der Waals surface area contributed by atoms with Gasteiger partial charge in [0.1, 0.15) is 8.81 Å². The van der Waals surface area contributed by atoms with E-state index in [1.165, 1.54) is 21.7 Å². The second kappa shape index (κ2) is 6.39. The van der Waals surface area contributed by atoms with Gasteiger partial charge in [-0.2, -0.15) is 0 Å². The molecule has 2 aliphatic rings. The van der Waals surface area contributed by atoms with Crippen molar-refractivity contribution in [1.82, 2.24) is 4.90 Å². The Hall–Kier alpha value is -0.860. The van der Waals surface area contributed by atoms with Crippen molar-refractivity contribution in [2.75, 3.05) is 38.3 Å². The Labute approximate surface area is 166 Å². The van der Waals surface area contributed by atoms with E-state index in [-0.39, 0.29) is 5.54 Å². The van der Waals surface area contributed by atoms with Gasteiger partial charge >= 0.3 is 0 Å². The lowest BCUT2D eigenvalue weighted by molar-refractivity contribution is 0.0693. The quantitative estimate of drug-likeness (QED) is 0.491. The van der Waals surface area contributed by atoms with Gasteiger partial charge in [0, 0.05) is 42.5 Å². The van der Waals surface area contributed by atoms with Gasteiger partial charge in [-0.3, -0.25) is 0 Å². The number of fused-ring (bicyclic) bond motifs is 3. The molecule has 3 nitrogen and oxygen atoms in total. The first-order chi connectivity index (χ1) is 11.9. The largest absolute Gasteiger partial charge is 0.378 e. The number of nitrogens with zero attached hydrogens (tertiary/aromatic N) is 2. The molecular weight excluding hydrogens is 388 g/mol. The van der Waals surface area contributed by atoms with Crippen LogP contribution >= 0.6 is 45.1 Å². The summed E-state index contributed by atoms with van der Waals surface area (Å²) < 4.78 is 6.43. The van der Waals surface area contributed by atoms with Crippen LogP contribution in [0.1, 0.15) is 24.3 Å². The van der Waals surface area contributed by atoms with Crippen LogP contribution in [0.4, 0.5) is 5.69 Å². The Balaban J connectivity index is 1.82. The van der Waals surface area contributed by atoms with Crippen LogP contribution < -0.4 is 4.90 Å². The molecule has 2 aliphatic heterocycles. The summed E-state index contributed by atoms with van der Waals surface area (Å²) in [6, 6.07) is 6.57. The maximum absolute atomic E-state index is 5.77. The molecule has 2 aromatic rings. The zero-order chi connectivity index (χ0) is 17.8. The second-order valence-electron chi connectivity index (χ2n) is 6.91. The zero-order valence-electron chi connectivity index (χ0n) is 14.5. The van der Waals surface area contributed by atoms with E-state index in [0.29, 0.717) is 0 Å². The molecule has 0 spiro atoms. The number of hydrogen-bond donors (Lipinski definition) is 0. The third-order valence-corrected chi connectivity index (χ3v) is 9.02. The van der Waals surface area contributed by atoms with Crippen LogP contribution in [-0.2, 0) is 10.3 Å². The first-order valence-electron chi connectivity index (χ1n) is 8.30. The van der Waals surface area contributed by atoms with E-state index in [0.717, 1.165) is 40.7 Å². The molecule has 0 bridgehead atoms. The van der Waals surface area contributed by atoms with Crippen molar-refractivity contribution < 1.29 is 4.74 Å². The summed E-state index contributed by atoms with van der Waals surface area (Å²) in [4.78, 5) is 6.85. The lowest BCUT2D eigenvalue weighted by Crippen LogP contribution is -2.41. The molecule has 4 rings (SSSR count). The van der Waals surface area contributed by atoms with Gasteiger partial charge in [0.2, 0.25) is 0 Å². The minimum Gasteiger partial charge on any atom is -0.378 e. The molecule has 0 amide bonds. The average Bonchev–Trinajstić information content (AvgIpc) is 3.02. The monoisotopic (exact) mass is 408 g/mol. The number of anilines is 1. The molecule has 25 heavy (non-hydrogen) atoms. The molecular formula is C18H20N2OS4. The fraction of sp³-hybridized carbons (Fsp3) is 0.444. The molecule has 0 unspecified atom stereocenters. The molecule has 7 heteroatoms. The predicted molar refractivity (Wildman–Crippen MR) is 114 cm³/mol. The normalized spacial score (nSPS) is 18.7. The topological polar surface area (TPSA) is 15.7 Å². The fourth-order valence-corrected chi connectivity index (χ4v) is 7.10. The molecule has 132 valence electrons. The third kappa shape index (κ3) is 2.77. The highest BCUT2D eigenvalue weighted by atomic mass is 32.9. The fourth-order valence-electron chi connectivity index (χ4n) is 3.46. The van der Waals surface area contributed by atoms with Crippen LogP contribution in [0.15, 0.2) is 18.2 Å². The highest BCUT2D eigenvalue weighted by molar-refractivity contribution is 7.80. The molecule has 3 heterocycles. The van der Waals surface area contributed by atoms with Gasteiger partial charge in [0.25, 0.3) is 0 Å². The predicted octanol–water partition coefficient (Wildman–Crippen LogP) is 4.90. The summed E-state index contributed by atoms with van der Waals surface area (Å²) in [5.74, 6) is 0. The zero-order valence-corrected chi connectivity index (χ0v) is 17.8. The smallest absolute Gasteiger partial charge is 0.110 e. The molecule has 1 fully saturated rings. The summed E-state index contributed by atoms with van der Waals surface area (Å²) in [5, 5.41) is 0. The summed E-state index contributed by atoms with van der Waals surface area (Å²) >= 11 is 11.4. The number of morpholine rings is 1. The number of rotatable bonds is 1. The van der Waals surface area contributed by atoms with Crippen molar-refractivity contribution in [3.63, 3.8) is 0 Å². The molecule has 0 saturated carbocycles. The van der Waals surface area contributed by atoms with E-state index < -0.39 is 0 Å². The minimum absolute atomic E-state index is 0.0488. The summed E-state index contributed by atoms with van der Waals surface area (Å²) in [6.45, 7) is 7.74. The Bertz CT molecular complexity index is 893. The number of ether oxygens (including phenoxy) is 1. The first kappa shape index (κ1) is 17.5. The second-order valence-corrected chi connectivity index (χ2v) is 10.1. The van der Waals surface area contributed by atoms with Crippen LogP contribution in [0.3, 0.4) is 0 Å². The maximum atomic E-state index is 5.77. The van der Waals surface area contributed by atoms with E-state index in [2.05, 4.69) is 48.9 Å². The van der Waals surface area contributed by atoms with Gasteiger partial charge in [-0.25, -0.2) is 0 Å². The van der Waals surface area contributed by atoms with E-state index in [1.807, 2.05) is 0 Å². The average molecular weight is 409 g/mol. The number of hydrogen-bond acceptors (Lipinski definition) is 6. The van der Waals surface area contributed by atoms with Crippen molar-refractivity contribution in [2.45, 2.75) is 19.4 Å². The highest BCUT2D eigenvalue weighted by Gasteiger charge is 2.37. The van der Waals surface area contributed by atoms with Crippen LogP contribution in [0.5, 0.6) is 0 Å². The first-order valence-corrected chi connectivity index (χ1v) is 11.3. The van der Waals surface area contributed by atoms with Crippen LogP contribution in [0.25, 0.3) is 11.1 Å². The Morgan fingerprint density at radius 3 is 2.64 bits per heavy atom. The lowest BCUT2D eigenvalue weighted by atomic mass is 9.87. The van der Waals surface area contributed by atoms with Crippen molar-refractivity contribution in [1.29, 1.82) is 0 Å². The summed E-state index contributed by atoms with van der Waals surface area (Å²) in [6.07, 6.45) is 0. The van der Waals surface area contributed by atoms with Crippen LogP contribution in [0, 0.1) is 3.82 Å². The standard InChI is InChI=1S/C18H20N2OS4/c1-18(2)15-14(17(23)25-24-15)12-10-11(4-5-13(12)19(18)3)16(22)20-6-8-21-9-7-20/h4-5,10H,6-9H2,1-3H3. The molecule has 0 N–H and O–H groups in total. The third-order valence-electron chi connectivity index (χ3n) is 5.20. The van der Waals surface area contributed by atoms with Gasteiger partial charge in [-0.05, 0) is 32.0 Å². The van der Waals surface area contributed by atoms with Gasteiger partial charge in [0.05, 0.1) is 23.6 Å². The van der Waals surface area contributed by atoms with E-state index in [1.54, 1.807) is 20.7 Å². The molecule has 0 radical (unpaired) electrons. The van der Waals surface area contributed by atoms with Crippen molar-refractivity contribution in [2.24, 2.45) is 0 Å². The van der Waals surface area contributed by atoms with Crippen molar-refractivity contribution in [3.8, 4) is 11.1 Å². The number of benzene rings is 1. The van der Waals surface area contributed by atoms with Gasteiger partial charge < -0.3 is 14.5 Å². The molecule has 0 atom stereocenters. The Morgan fingerprint density at radius 1 is 1.20 bits per heavy atom. The number of thiocarbonyl (C=S) groups is 1. The van der Waals surface area contributed by atoms with E-state index in [9.17, 15) is 0 Å². The van der Waals surface area contributed by atoms with Crippen LogP contribution in [0.2, 0.25) is 0 Å². The lowest BCUT2D eigenvalue weighted by Gasteiger charge is -2.42.